The van der Waals surface area contributed by atoms with Crippen LogP contribution in [0.1, 0.15) is 0 Å². The van der Waals surface area contributed by atoms with Crippen LogP contribution in [0.25, 0.3) is 0 Å². The van der Waals surface area contributed by atoms with Crippen molar-refractivity contribution in [3.05, 3.63) is 30.3 Å². The lowest BCUT2D eigenvalue weighted by molar-refractivity contribution is -0.138. The van der Waals surface area contributed by atoms with Crippen LogP contribution in [0.15, 0.2) is 30.3 Å². The third kappa shape index (κ3) is 6.39. The Labute approximate surface area is 125 Å². The minimum Gasteiger partial charge on any atom is -0.481 e. The molecule has 6 nitrogen and oxygen atoms in total. The molecule has 0 bridgehead atoms. The quantitative estimate of drug-likeness (QED) is 0.558. The van der Waals surface area contributed by atoms with Crippen molar-refractivity contribution in [3.63, 3.8) is 0 Å². The predicted octanol–water partition coefficient (Wildman–Crippen LogP) is 1.24. The highest BCUT2D eigenvalue weighted by atomic mass is 32.2. The first-order valence-corrected chi connectivity index (χ1v) is 7.20. The number of carbonyl (C=O) groups is 2. The van der Waals surface area contributed by atoms with E-state index in [1.165, 1.54) is 0 Å². The van der Waals surface area contributed by atoms with Crippen LogP contribution < -0.4 is 10.6 Å². The maximum atomic E-state index is 11.1. The van der Waals surface area contributed by atoms with Gasteiger partial charge in [0.15, 0.2) is 5.11 Å². The highest BCUT2D eigenvalue weighted by Gasteiger charge is 2.18. The molecule has 20 heavy (non-hydrogen) atoms. The number of nitrogens with one attached hydrogen (secondary N) is 2. The van der Waals surface area contributed by atoms with Crippen molar-refractivity contribution in [1.29, 1.82) is 0 Å². The Morgan fingerprint density at radius 1 is 1.25 bits per heavy atom. The Morgan fingerprint density at radius 2 is 1.90 bits per heavy atom. The number of thioether (sulfide) groups is 1. The lowest BCUT2D eigenvalue weighted by Crippen LogP contribution is -2.44. The van der Waals surface area contributed by atoms with Crippen molar-refractivity contribution in [1.82, 2.24) is 5.32 Å². The number of hydrogen-bond acceptors (Lipinski definition) is 4. The Kier molecular flexibility index (Phi) is 6.82. The maximum Gasteiger partial charge on any atom is 0.327 e. The molecule has 108 valence electrons. The minimum atomic E-state index is -1.08. The number of carboxylic acids is 2. The van der Waals surface area contributed by atoms with E-state index in [1.807, 2.05) is 18.2 Å². The summed E-state index contributed by atoms with van der Waals surface area (Å²) in [6, 6.07) is 8.14. The molecule has 0 aliphatic rings. The van der Waals surface area contributed by atoms with Gasteiger partial charge in [-0.25, -0.2) is 4.79 Å². The van der Waals surface area contributed by atoms with Gasteiger partial charge in [0, 0.05) is 11.4 Å². The van der Waals surface area contributed by atoms with Crippen LogP contribution in [0.2, 0.25) is 0 Å². The summed E-state index contributed by atoms with van der Waals surface area (Å²) in [6.07, 6.45) is 0. The van der Waals surface area contributed by atoms with Crippen molar-refractivity contribution in [2.24, 2.45) is 0 Å². The SMILES string of the molecule is O=C(O)CSCC(NC(=S)Nc1ccccc1)C(=O)O. The molecule has 0 spiro atoms. The number of thiocarbonyl (C=S) groups is 1. The Morgan fingerprint density at radius 3 is 2.45 bits per heavy atom. The second-order valence-corrected chi connectivity index (χ2v) is 5.20. The Balaban J connectivity index is 2.46. The fourth-order valence-corrected chi connectivity index (χ4v) is 2.30. The lowest BCUT2D eigenvalue weighted by atomic mass is 10.3. The van der Waals surface area contributed by atoms with Gasteiger partial charge in [0.2, 0.25) is 0 Å². The van der Waals surface area contributed by atoms with Crippen LogP contribution in [0.3, 0.4) is 0 Å². The summed E-state index contributed by atoms with van der Waals surface area (Å²) in [5.74, 6) is -2.10. The summed E-state index contributed by atoms with van der Waals surface area (Å²) >= 11 is 6.04. The van der Waals surface area contributed by atoms with E-state index >= 15 is 0 Å². The van der Waals surface area contributed by atoms with Gasteiger partial charge in [-0.05, 0) is 24.4 Å². The number of aliphatic carboxylic acids is 2. The zero-order chi connectivity index (χ0) is 15.0. The van der Waals surface area contributed by atoms with E-state index in [2.05, 4.69) is 10.6 Å². The van der Waals surface area contributed by atoms with Crippen LogP contribution in [0, 0.1) is 0 Å². The molecule has 4 N–H and O–H groups in total. The van der Waals surface area contributed by atoms with Gasteiger partial charge < -0.3 is 20.8 Å². The van der Waals surface area contributed by atoms with Crippen molar-refractivity contribution in [2.45, 2.75) is 6.04 Å². The first-order chi connectivity index (χ1) is 9.49. The molecule has 0 heterocycles. The lowest BCUT2D eigenvalue weighted by Gasteiger charge is -2.16. The molecule has 0 aliphatic carbocycles. The number of hydrogen-bond donors (Lipinski definition) is 4. The van der Waals surface area contributed by atoms with E-state index in [9.17, 15) is 9.59 Å². The number of para-hydroxylation sites is 1. The number of anilines is 1. The topological polar surface area (TPSA) is 98.7 Å². The van der Waals surface area contributed by atoms with Gasteiger partial charge in [-0.2, -0.15) is 0 Å². The average Bonchev–Trinajstić information content (AvgIpc) is 2.38. The molecule has 8 heteroatoms. The smallest absolute Gasteiger partial charge is 0.327 e. The molecule has 0 saturated carbocycles. The van der Waals surface area contributed by atoms with Crippen molar-refractivity contribution in [3.8, 4) is 0 Å². The summed E-state index contributed by atoms with van der Waals surface area (Å²) in [5, 5.41) is 23.2. The van der Waals surface area contributed by atoms with Gasteiger partial charge in [0.25, 0.3) is 0 Å². The normalized spacial score (nSPS) is 11.4. The molecule has 1 unspecified atom stereocenters. The van der Waals surface area contributed by atoms with Crippen LogP contribution >= 0.6 is 24.0 Å². The van der Waals surface area contributed by atoms with Gasteiger partial charge in [-0.15, -0.1) is 11.8 Å². The molecular formula is C12H14N2O4S2. The predicted molar refractivity (Wildman–Crippen MR) is 82.2 cm³/mol. The van der Waals surface area contributed by atoms with Gasteiger partial charge >= 0.3 is 11.9 Å². The third-order valence-electron chi connectivity index (χ3n) is 2.15. The molecule has 0 radical (unpaired) electrons. The van der Waals surface area contributed by atoms with Crippen molar-refractivity contribution < 1.29 is 19.8 Å². The van der Waals surface area contributed by atoms with E-state index in [4.69, 9.17) is 22.4 Å². The zero-order valence-corrected chi connectivity index (χ0v) is 12.0. The van der Waals surface area contributed by atoms with E-state index in [-0.39, 0.29) is 16.6 Å². The summed E-state index contributed by atoms with van der Waals surface area (Å²) < 4.78 is 0. The number of carboxylic acid groups (broad SMARTS) is 2. The van der Waals surface area contributed by atoms with Gasteiger partial charge in [0.05, 0.1) is 5.75 Å². The fourth-order valence-electron chi connectivity index (χ4n) is 1.29. The molecule has 0 saturated heterocycles. The second kappa shape index (κ2) is 8.39. The van der Waals surface area contributed by atoms with Crippen molar-refractivity contribution >= 4 is 46.7 Å². The van der Waals surface area contributed by atoms with Gasteiger partial charge in [0.1, 0.15) is 6.04 Å². The zero-order valence-electron chi connectivity index (χ0n) is 10.4. The monoisotopic (exact) mass is 314 g/mol. The molecule has 0 fully saturated rings. The molecular weight excluding hydrogens is 300 g/mol. The fraction of sp³-hybridized carbons (Fsp3) is 0.250. The molecule has 1 atom stereocenters. The summed E-state index contributed by atoms with van der Waals surface area (Å²) in [4.78, 5) is 21.4. The standard InChI is InChI=1S/C12H14N2O4S2/c15-10(16)7-20-6-9(11(17)18)14-12(19)13-8-4-2-1-3-5-8/h1-5,9H,6-7H2,(H,15,16)(H,17,18)(H2,13,14,19). The third-order valence-corrected chi connectivity index (χ3v) is 3.39. The maximum absolute atomic E-state index is 11.1. The summed E-state index contributed by atoms with van der Waals surface area (Å²) in [7, 11) is 0. The van der Waals surface area contributed by atoms with Gasteiger partial charge in [-0.1, -0.05) is 18.2 Å². The number of benzene rings is 1. The minimum absolute atomic E-state index is 0.109. The molecule has 1 aromatic carbocycles. The van der Waals surface area contributed by atoms with Gasteiger partial charge in [-0.3, -0.25) is 4.79 Å². The first-order valence-electron chi connectivity index (χ1n) is 5.64. The first kappa shape index (κ1) is 16.3. The average molecular weight is 314 g/mol. The van der Waals surface area contributed by atoms with Crippen LogP contribution in [0.4, 0.5) is 5.69 Å². The molecule has 0 amide bonds. The number of rotatable bonds is 7. The van der Waals surface area contributed by atoms with E-state index < -0.39 is 18.0 Å². The Hall–Kier alpha value is -1.80. The Bertz CT molecular complexity index is 482. The highest BCUT2D eigenvalue weighted by molar-refractivity contribution is 8.00. The van der Waals surface area contributed by atoms with Crippen LogP contribution in [-0.4, -0.2) is 44.8 Å². The summed E-state index contributed by atoms with van der Waals surface area (Å²) in [6.45, 7) is 0. The largest absolute Gasteiger partial charge is 0.481 e. The van der Waals surface area contributed by atoms with E-state index in [0.717, 1.165) is 17.4 Å². The molecule has 0 aromatic heterocycles. The van der Waals surface area contributed by atoms with Crippen molar-refractivity contribution in [2.75, 3.05) is 16.8 Å². The second-order valence-electron chi connectivity index (χ2n) is 3.76. The van der Waals surface area contributed by atoms with E-state index in [1.54, 1.807) is 12.1 Å². The summed E-state index contributed by atoms with van der Waals surface area (Å²) in [5.41, 5.74) is 0.743. The molecule has 1 aromatic rings. The molecule has 1 rings (SSSR count). The van der Waals surface area contributed by atoms with Crippen LogP contribution in [-0.2, 0) is 9.59 Å². The van der Waals surface area contributed by atoms with E-state index in [0.29, 0.717) is 0 Å². The highest BCUT2D eigenvalue weighted by Crippen LogP contribution is 2.06. The molecule has 0 aliphatic heterocycles. The van der Waals surface area contributed by atoms with Crippen LogP contribution in [0.5, 0.6) is 0 Å².